The molecule has 0 aliphatic rings. The van der Waals surface area contributed by atoms with Gasteiger partial charge in [-0.2, -0.15) is 0 Å². The van der Waals surface area contributed by atoms with Crippen LogP contribution in [0.5, 0.6) is 0 Å². The third kappa shape index (κ3) is 4.15. The molecule has 0 saturated heterocycles. The molecule has 12 aromatic rings. The first-order chi connectivity index (χ1) is 26.2. The Kier molecular flexibility index (Phi) is 5.86. The maximum atomic E-state index is 6.41. The van der Waals surface area contributed by atoms with Crippen molar-refractivity contribution >= 4 is 97.1 Å². The monoisotopic (exact) mass is 694 g/mol. The average Bonchev–Trinajstić information content (AvgIpc) is 3.94. The number of aromatic nitrogens is 2. The number of rotatable bonds is 3. The van der Waals surface area contributed by atoms with E-state index in [0.717, 1.165) is 27.6 Å². The van der Waals surface area contributed by atoms with Crippen LogP contribution in [-0.2, 0) is 0 Å². The van der Waals surface area contributed by atoms with Crippen LogP contribution in [0.4, 0.5) is 0 Å². The van der Waals surface area contributed by atoms with Crippen LogP contribution in [0.3, 0.4) is 0 Å². The second-order valence-electron chi connectivity index (χ2n) is 14.2. The molecule has 0 fully saturated rings. The zero-order valence-corrected chi connectivity index (χ0v) is 29.6. The van der Waals surface area contributed by atoms with Crippen molar-refractivity contribution in [1.29, 1.82) is 0 Å². The van der Waals surface area contributed by atoms with E-state index in [9.17, 15) is 0 Å². The minimum Gasteiger partial charge on any atom is -0.456 e. The number of benzene rings is 8. The molecule has 8 aromatic carbocycles. The zero-order valence-electron chi connectivity index (χ0n) is 28.8. The summed E-state index contributed by atoms with van der Waals surface area (Å²) in [6.07, 6.45) is 0. The van der Waals surface area contributed by atoms with Crippen LogP contribution in [0.15, 0.2) is 168 Å². The van der Waals surface area contributed by atoms with Gasteiger partial charge < -0.3 is 13.6 Å². The number of nitrogens with zero attached hydrogens (tertiary/aromatic N) is 2. The Balaban J connectivity index is 1.01. The van der Waals surface area contributed by atoms with Crippen molar-refractivity contribution in [3.8, 4) is 22.5 Å². The number of thiophene rings is 1. The topological polar surface area (TPSA) is 23.0 Å². The van der Waals surface area contributed by atoms with E-state index in [0.29, 0.717) is 0 Å². The normalized spacial score (nSPS) is 12.2. The highest BCUT2D eigenvalue weighted by atomic mass is 32.1. The Bertz CT molecular complexity index is 3430. The summed E-state index contributed by atoms with van der Waals surface area (Å²) in [4.78, 5) is 0. The maximum Gasteiger partial charge on any atom is 0.135 e. The summed E-state index contributed by atoms with van der Waals surface area (Å²) in [6.45, 7) is 2.17. The number of para-hydroxylation sites is 3. The molecule has 12 rings (SSSR count). The van der Waals surface area contributed by atoms with E-state index in [1.165, 1.54) is 86.2 Å². The number of furan rings is 1. The number of aryl methyl sites for hydroxylation is 1. The first-order valence-corrected chi connectivity index (χ1v) is 18.9. The van der Waals surface area contributed by atoms with E-state index >= 15 is 0 Å². The fraction of sp³-hybridized carbons (Fsp3) is 0.0204. The van der Waals surface area contributed by atoms with Crippen LogP contribution in [0.25, 0.3) is 108 Å². The molecular weight excluding hydrogens is 665 g/mol. The highest BCUT2D eigenvalue weighted by Gasteiger charge is 2.17. The lowest BCUT2D eigenvalue weighted by molar-refractivity contribution is 0.669. The molecule has 3 nitrogen and oxygen atoms in total. The zero-order chi connectivity index (χ0) is 34.8. The molecule has 0 amide bonds. The van der Waals surface area contributed by atoms with Gasteiger partial charge in [-0.3, -0.25) is 0 Å². The SMILES string of the molecule is Cc1ccc2c3ccccc3n(-c3ccc4sc5ccc(-c6ccc7oc8ccc(-n9c%10ccccc%10c%10ccccc%109)cc8c7c6)cc5c4c3)c2c1. The van der Waals surface area contributed by atoms with Crippen LogP contribution >= 0.6 is 11.3 Å². The molecule has 0 N–H and O–H groups in total. The third-order valence-electron chi connectivity index (χ3n) is 11.2. The Labute approximate surface area is 308 Å². The van der Waals surface area contributed by atoms with Crippen LogP contribution in [0, 0.1) is 6.92 Å². The van der Waals surface area contributed by atoms with Gasteiger partial charge in [0.2, 0.25) is 0 Å². The fourth-order valence-electron chi connectivity index (χ4n) is 8.73. The second-order valence-corrected chi connectivity index (χ2v) is 15.3. The molecule has 4 heteroatoms. The second kappa shape index (κ2) is 10.7. The lowest BCUT2D eigenvalue weighted by Gasteiger charge is -2.09. The highest BCUT2D eigenvalue weighted by molar-refractivity contribution is 7.25. The molecule has 0 radical (unpaired) electrons. The summed E-state index contributed by atoms with van der Waals surface area (Å²) >= 11 is 1.86. The summed E-state index contributed by atoms with van der Waals surface area (Å²) in [7, 11) is 0. The molecule has 53 heavy (non-hydrogen) atoms. The largest absolute Gasteiger partial charge is 0.456 e. The van der Waals surface area contributed by atoms with Crippen molar-refractivity contribution < 1.29 is 4.42 Å². The first-order valence-electron chi connectivity index (χ1n) is 18.1. The number of fused-ring (bicyclic) bond motifs is 12. The van der Waals surface area contributed by atoms with E-state index in [-0.39, 0.29) is 0 Å². The summed E-state index contributed by atoms with van der Waals surface area (Å²) in [5.41, 5.74) is 12.6. The van der Waals surface area contributed by atoms with Gasteiger partial charge in [0.25, 0.3) is 0 Å². The van der Waals surface area contributed by atoms with Crippen LogP contribution in [0.2, 0.25) is 0 Å². The Morgan fingerprint density at radius 3 is 1.53 bits per heavy atom. The van der Waals surface area contributed by atoms with Crippen molar-refractivity contribution in [3.05, 3.63) is 169 Å². The van der Waals surface area contributed by atoms with Gasteiger partial charge in [0.05, 0.1) is 22.1 Å². The van der Waals surface area contributed by atoms with Crippen LogP contribution in [0.1, 0.15) is 5.56 Å². The van der Waals surface area contributed by atoms with Gasteiger partial charge in [-0.25, -0.2) is 0 Å². The predicted octanol–water partition coefficient (Wildman–Crippen LogP) is 14.1. The van der Waals surface area contributed by atoms with Crippen molar-refractivity contribution in [1.82, 2.24) is 9.13 Å². The average molecular weight is 695 g/mol. The molecule has 0 unspecified atom stereocenters. The summed E-state index contributed by atoms with van der Waals surface area (Å²) < 4.78 is 13.8. The van der Waals surface area contributed by atoms with Crippen LogP contribution < -0.4 is 0 Å². The van der Waals surface area contributed by atoms with E-state index in [1.807, 2.05) is 11.3 Å². The lowest BCUT2D eigenvalue weighted by atomic mass is 10.0. The minimum absolute atomic E-state index is 0.897. The Hall–Kier alpha value is -6.62. The number of hydrogen-bond donors (Lipinski definition) is 0. The van der Waals surface area contributed by atoms with E-state index in [2.05, 4.69) is 180 Å². The quantitative estimate of drug-likeness (QED) is 0.181. The van der Waals surface area contributed by atoms with E-state index in [1.54, 1.807) is 0 Å². The minimum atomic E-state index is 0.897. The third-order valence-corrected chi connectivity index (χ3v) is 12.3. The summed E-state index contributed by atoms with van der Waals surface area (Å²) in [5, 5.41) is 9.90. The van der Waals surface area contributed by atoms with Crippen molar-refractivity contribution in [3.63, 3.8) is 0 Å². The summed E-state index contributed by atoms with van der Waals surface area (Å²) in [5.74, 6) is 0. The van der Waals surface area contributed by atoms with Gasteiger partial charge in [0, 0.05) is 63.9 Å². The molecule has 0 bridgehead atoms. The molecule has 0 aliphatic carbocycles. The van der Waals surface area contributed by atoms with E-state index < -0.39 is 0 Å². The smallest absolute Gasteiger partial charge is 0.135 e. The number of hydrogen-bond acceptors (Lipinski definition) is 2. The lowest BCUT2D eigenvalue weighted by Crippen LogP contribution is -1.93. The molecule has 248 valence electrons. The van der Waals surface area contributed by atoms with Gasteiger partial charge >= 0.3 is 0 Å². The van der Waals surface area contributed by atoms with Gasteiger partial charge in [-0.15, -0.1) is 11.3 Å². The Morgan fingerprint density at radius 1 is 0.377 bits per heavy atom. The van der Waals surface area contributed by atoms with Crippen molar-refractivity contribution in [2.75, 3.05) is 0 Å². The fourth-order valence-corrected chi connectivity index (χ4v) is 9.79. The summed E-state index contributed by atoms with van der Waals surface area (Å²) in [6, 6.07) is 60.0. The standard InChI is InChI=1S/C49H30N2OS/c1-29-14-19-37-36-10-4-7-13-44(36)51(45(37)24-29)33-18-23-49-41(28-33)40-26-31(16-22-48(40)53-49)30-15-20-46-38(25-30)39-27-32(17-21-47(39)52-46)50-42-11-5-2-8-34(42)35-9-3-6-12-43(35)50/h2-28H,1H3. The van der Waals surface area contributed by atoms with Crippen molar-refractivity contribution in [2.45, 2.75) is 6.92 Å². The Morgan fingerprint density at radius 2 is 0.849 bits per heavy atom. The molecule has 0 atom stereocenters. The molecule has 0 saturated carbocycles. The van der Waals surface area contributed by atoms with Gasteiger partial charge in [0.15, 0.2) is 0 Å². The predicted molar refractivity (Wildman–Crippen MR) is 225 cm³/mol. The molecule has 4 heterocycles. The van der Waals surface area contributed by atoms with Gasteiger partial charge in [-0.1, -0.05) is 78.9 Å². The molecule has 4 aromatic heterocycles. The molecular formula is C49H30N2OS. The highest BCUT2D eigenvalue weighted by Crippen LogP contribution is 2.41. The van der Waals surface area contributed by atoms with Gasteiger partial charge in [-0.05, 0) is 109 Å². The molecule has 0 spiro atoms. The van der Waals surface area contributed by atoms with Crippen LogP contribution in [-0.4, -0.2) is 9.13 Å². The van der Waals surface area contributed by atoms with E-state index in [4.69, 9.17) is 4.42 Å². The molecule has 0 aliphatic heterocycles. The van der Waals surface area contributed by atoms with Gasteiger partial charge in [0.1, 0.15) is 11.2 Å². The first kappa shape index (κ1) is 29.0. The van der Waals surface area contributed by atoms with Crippen molar-refractivity contribution in [2.24, 2.45) is 0 Å². The maximum absolute atomic E-state index is 6.41.